The minimum absolute atomic E-state index is 0.100. The molecule has 0 saturated carbocycles. The van der Waals surface area contributed by atoms with Crippen molar-refractivity contribution in [1.82, 2.24) is 0 Å². The number of hydrogen-bond donors (Lipinski definition) is 1. The molecule has 0 spiro atoms. The van der Waals surface area contributed by atoms with Gasteiger partial charge in [-0.2, -0.15) is 0 Å². The molecule has 2 N–H and O–H groups in total. The predicted molar refractivity (Wildman–Crippen MR) is 82.2 cm³/mol. The van der Waals surface area contributed by atoms with Crippen molar-refractivity contribution in [1.29, 1.82) is 0 Å². The largest absolute Gasteiger partial charge is 0.490 e. The van der Waals surface area contributed by atoms with Gasteiger partial charge in [0.25, 0.3) is 0 Å². The lowest BCUT2D eigenvalue weighted by Gasteiger charge is -2.08. The molecular weight excluding hydrogens is 306 g/mol. The molecule has 0 fully saturated rings. The Labute approximate surface area is 132 Å². The number of rotatable bonds is 6. The Morgan fingerprint density at radius 3 is 2.32 bits per heavy atom. The fourth-order valence-electron chi connectivity index (χ4n) is 1.70. The van der Waals surface area contributed by atoms with Gasteiger partial charge < -0.3 is 15.2 Å². The molecule has 0 saturated heterocycles. The van der Waals surface area contributed by atoms with E-state index in [-0.39, 0.29) is 13.2 Å². The van der Waals surface area contributed by atoms with Crippen molar-refractivity contribution in [3.05, 3.63) is 64.7 Å². The van der Waals surface area contributed by atoms with Gasteiger partial charge in [0.1, 0.15) is 19.0 Å². The maximum Gasteiger partial charge on any atom is 0.338 e. The minimum Gasteiger partial charge on any atom is -0.490 e. The summed E-state index contributed by atoms with van der Waals surface area (Å²) in [5, 5.41) is 0.573. The third-order valence-corrected chi connectivity index (χ3v) is 3.02. The zero-order valence-corrected chi connectivity index (χ0v) is 12.4. The van der Waals surface area contributed by atoms with E-state index in [1.807, 2.05) is 0 Å². The molecule has 0 bridgehead atoms. The molecule has 0 unspecified atom stereocenters. The van der Waals surface area contributed by atoms with E-state index in [9.17, 15) is 9.59 Å². The van der Waals surface area contributed by atoms with Crippen molar-refractivity contribution in [2.24, 2.45) is 5.73 Å². The fourth-order valence-corrected chi connectivity index (χ4v) is 1.88. The lowest BCUT2D eigenvalue weighted by molar-refractivity contribution is 0.0450. The van der Waals surface area contributed by atoms with Crippen molar-refractivity contribution in [2.75, 3.05) is 13.2 Å². The van der Waals surface area contributed by atoms with Crippen LogP contribution in [0.2, 0.25) is 5.02 Å². The van der Waals surface area contributed by atoms with Gasteiger partial charge >= 0.3 is 5.97 Å². The summed E-state index contributed by atoms with van der Waals surface area (Å²) in [7, 11) is 0. The van der Waals surface area contributed by atoms with Gasteiger partial charge in [-0.05, 0) is 42.5 Å². The Morgan fingerprint density at radius 1 is 1.00 bits per heavy atom. The Kier molecular flexibility index (Phi) is 5.38. The zero-order valence-electron chi connectivity index (χ0n) is 11.6. The molecule has 0 atom stereocenters. The molecule has 0 aliphatic rings. The van der Waals surface area contributed by atoms with Crippen LogP contribution in [0.5, 0.6) is 5.75 Å². The van der Waals surface area contributed by atoms with Crippen LogP contribution in [-0.2, 0) is 4.74 Å². The summed E-state index contributed by atoms with van der Waals surface area (Å²) < 4.78 is 10.5. The number of halogens is 1. The minimum atomic E-state index is -0.546. The number of carbonyl (C=O) groups is 2. The van der Waals surface area contributed by atoms with Crippen molar-refractivity contribution in [2.45, 2.75) is 0 Å². The van der Waals surface area contributed by atoms with Crippen LogP contribution in [0.15, 0.2) is 48.5 Å². The molecule has 2 rings (SSSR count). The van der Waals surface area contributed by atoms with Gasteiger partial charge in [-0.3, -0.25) is 4.79 Å². The molecule has 5 nitrogen and oxygen atoms in total. The number of benzene rings is 2. The molecule has 2 aromatic rings. The molecule has 0 aliphatic carbocycles. The van der Waals surface area contributed by atoms with E-state index in [0.29, 0.717) is 21.9 Å². The highest BCUT2D eigenvalue weighted by atomic mass is 35.5. The standard InChI is InChI=1S/C16H14ClNO4/c17-13-2-1-3-14(10-13)21-8-9-22-16(20)12-6-4-11(5-7-12)15(18)19/h1-7,10H,8-9H2,(H2,18,19). The number of carbonyl (C=O) groups excluding carboxylic acids is 2. The van der Waals surface area contributed by atoms with E-state index in [1.165, 1.54) is 24.3 Å². The van der Waals surface area contributed by atoms with E-state index < -0.39 is 11.9 Å². The number of ether oxygens (including phenoxy) is 2. The molecular formula is C16H14ClNO4. The van der Waals surface area contributed by atoms with Crippen LogP contribution >= 0.6 is 11.6 Å². The number of primary amides is 1. The second-order valence-corrected chi connectivity index (χ2v) is 4.82. The van der Waals surface area contributed by atoms with Crippen LogP contribution in [0.3, 0.4) is 0 Å². The Morgan fingerprint density at radius 2 is 1.68 bits per heavy atom. The van der Waals surface area contributed by atoms with Crippen LogP contribution < -0.4 is 10.5 Å². The SMILES string of the molecule is NC(=O)c1ccc(C(=O)OCCOc2cccc(Cl)c2)cc1. The number of amides is 1. The first kappa shape index (κ1) is 15.9. The topological polar surface area (TPSA) is 78.6 Å². The van der Waals surface area contributed by atoms with Crippen molar-refractivity contribution in [3.8, 4) is 5.75 Å². The third kappa shape index (κ3) is 4.49. The summed E-state index contributed by atoms with van der Waals surface area (Å²) in [5.74, 6) is -0.435. The van der Waals surface area contributed by atoms with Gasteiger partial charge in [0, 0.05) is 10.6 Å². The Balaban J connectivity index is 1.79. The highest BCUT2D eigenvalue weighted by Gasteiger charge is 2.08. The van der Waals surface area contributed by atoms with Crippen LogP contribution in [0.4, 0.5) is 0 Å². The first-order chi connectivity index (χ1) is 10.6. The lowest BCUT2D eigenvalue weighted by atomic mass is 10.1. The van der Waals surface area contributed by atoms with Gasteiger partial charge in [-0.15, -0.1) is 0 Å². The average molecular weight is 320 g/mol. The van der Waals surface area contributed by atoms with Crippen LogP contribution in [0, 0.1) is 0 Å². The smallest absolute Gasteiger partial charge is 0.338 e. The first-order valence-electron chi connectivity index (χ1n) is 6.51. The summed E-state index contributed by atoms with van der Waals surface area (Å²) in [4.78, 5) is 22.7. The fraction of sp³-hybridized carbons (Fsp3) is 0.125. The summed E-state index contributed by atoms with van der Waals surface area (Å²) in [6.45, 7) is 0.314. The van der Waals surface area contributed by atoms with Crippen molar-refractivity contribution < 1.29 is 19.1 Å². The van der Waals surface area contributed by atoms with E-state index in [2.05, 4.69) is 0 Å². The number of esters is 1. The van der Waals surface area contributed by atoms with Gasteiger partial charge in [-0.1, -0.05) is 17.7 Å². The van der Waals surface area contributed by atoms with Gasteiger partial charge in [0.15, 0.2) is 0 Å². The van der Waals surface area contributed by atoms with Crippen molar-refractivity contribution in [3.63, 3.8) is 0 Å². The average Bonchev–Trinajstić information content (AvgIpc) is 2.51. The van der Waals surface area contributed by atoms with Gasteiger partial charge in [0.05, 0.1) is 5.56 Å². The lowest BCUT2D eigenvalue weighted by Crippen LogP contribution is -2.13. The van der Waals surface area contributed by atoms with E-state index in [0.717, 1.165) is 0 Å². The van der Waals surface area contributed by atoms with Gasteiger partial charge in [-0.25, -0.2) is 4.79 Å². The first-order valence-corrected chi connectivity index (χ1v) is 6.89. The van der Waals surface area contributed by atoms with E-state index in [1.54, 1.807) is 24.3 Å². The molecule has 0 radical (unpaired) electrons. The molecule has 2 aromatic carbocycles. The summed E-state index contributed by atoms with van der Waals surface area (Å²) in [6, 6.07) is 12.9. The molecule has 0 heterocycles. The van der Waals surface area contributed by atoms with Crippen LogP contribution in [0.25, 0.3) is 0 Å². The Bertz CT molecular complexity index is 670. The van der Waals surface area contributed by atoms with Gasteiger partial charge in [0.2, 0.25) is 5.91 Å². The highest BCUT2D eigenvalue weighted by Crippen LogP contribution is 2.16. The number of hydrogen-bond acceptors (Lipinski definition) is 4. The molecule has 0 aromatic heterocycles. The van der Waals surface area contributed by atoms with Crippen LogP contribution in [0.1, 0.15) is 20.7 Å². The van der Waals surface area contributed by atoms with Crippen molar-refractivity contribution >= 4 is 23.5 Å². The van der Waals surface area contributed by atoms with E-state index >= 15 is 0 Å². The molecule has 0 aliphatic heterocycles. The molecule has 6 heteroatoms. The van der Waals surface area contributed by atoms with E-state index in [4.69, 9.17) is 26.8 Å². The highest BCUT2D eigenvalue weighted by molar-refractivity contribution is 6.30. The molecule has 114 valence electrons. The molecule has 1 amide bonds. The Hall–Kier alpha value is -2.53. The maximum absolute atomic E-state index is 11.8. The second-order valence-electron chi connectivity index (χ2n) is 4.38. The quantitative estimate of drug-likeness (QED) is 0.656. The van der Waals surface area contributed by atoms with Crippen LogP contribution in [-0.4, -0.2) is 25.1 Å². The predicted octanol–water partition coefficient (Wildman–Crippen LogP) is 2.67. The molecule has 22 heavy (non-hydrogen) atoms. The third-order valence-electron chi connectivity index (χ3n) is 2.79. The summed E-state index contributed by atoms with van der Waals surface area (Å²) in [6.07, 6.45) is 0. The number of nitrogens with two attached hydrogens (primary N) is 1. The monoisotopic (exact) mass is 319 g/mol. The summed E-state index contributed by atoms with van der Waals surface area (Å²) in [5.41, 5.74) is 5.80. The second kappa shape index (κ2) is 7.47. The maximum atomic E-state index is 11.8. The normalized spacial score (nSPS) is 10.0. The summed E-state index contributed by atoms with van der Waals surface area (Å²) >= 11 is 5.82. The zero-order chi connectivity index (χ0) is 15.9.